The van der Waals surface area contributed by atoms with Gasteiger partial charge in [-0.25, -0.2) is 4.57 Å². The van der Waals surface area contributed by atoms with Crippen molar-refractivity contribution in [2.24, 2.45) is 5.16 Å². The number of fused-ring (bicyclic) bond motifs is 1. The van der Waals surface area contributed by atoms with Gasteiger partial charge in [-0.1, -0.05) is 11.2 Å². The Morgan fingerprint density at radius 2 is 2.11 bits per heavy atom. The Kier molecular flexibility index (Phi) is 7.17. The number of carboxylic acid groups (broad SMARTS) is 1. The standard InChI is InChI=1S/C24H25N7O5S2/c1-12-7-13(2)9-30(8-12)10-14-11-37-22-17(21(33)31(22)18(14)23(34)35)26-20(32)16(19-27-24(25)38-29-19)28-36-15-5-3-4-6-15/h3,5,7-9,15,17,22H,4,6,10-11H2,1-2H3,(H3-,25,26,27,29,32,34,35)/t15?,17?,22-/m1/s1. The number of carbonyl (C=O) groups excluding carboxylic acids is 3. The highest BCUT2D eigenvalue weighted by Crippen LogP contribution is 2.40. The number of nitrogens with one attached hydrogen (secondary N) is 1. The van der Waals surface area contributed by atoms with E-state index in [1.807, 2.05) is 49.0 Å². The summed E-state index contributed by atoms with van der Waals surface area (Å²) in [6.07, 6.45) is 8.90. The van der Waals surface area contributed by atoms with E-state index in [2.05, 4.69) is 19.8 Å². The lowest BCUT2D eigenvalue weighted by Crippen LogP contribution is -2.71. The molecule has 0 radical (unpaired) electrons. The van der Waals surface area contributed by atoms with E-state index in [4.69, 9.17) is 10.6 Å². The second kappa shape index (κ2) is 10.5. The minimum atomic E-state index is -1.43. The summed E-state index contributed by atoms with van der Waals surface area (Å²) in [4.78, 5) is 49.1. The Morgan fingerprint density at radius 3 is 2.74 bits per heavy atom. The zero-order valence-corrected chi connectivity index (χ0v) is 22.3. The van der Waals surface area contributed by atoms with Gasteiger partial charge in [0.05, 0.1) is 11.7 Å². The maximum atomic E-state index is 13.2. The molecule has 0 bridgehead atoms. The number of aliphatic carboxylic acids is 1. The number of carbonyl (C=O) groups is 3. The minimum Gasteiger partial charge on any atom is -0.543 e. The van der Waals surface area contributed by atoms with Crippen LogP contribution in [-0.4, -0.2) is 61.0 Å². The zero-order chi connectivity index (χ0) is 27.0. The van der Waals surface area contributed by atoms with Crippen molar-refractivity contribution >= 4 is 51.9 Å². The third-order valence-corrected chi connectivity index (χ3v) is 8.09. The second-order valence-electron chi connectivity index (χ2n) is 9.21. The number of hydrogen-bond acceptors (Lipinski definition) is 11. The lowest BCUT2D eigenvalue weighted by Gasteiger charge is -2.50. The molecule has 3 aliphatic rings. The molecule has 2 unspecified atom stereocenters. The van der Waals surface area contributed by atoms with Crippen LogP contribution >= 0.6 is 23.3 Å². The molecule has 3 atom stereocenters. The summed E-state index contributed by atoms with van der Waals surface area (Å²) < 4.78 is 5.94. The molecule has 2 aliphatic heterocycles. The number of β-lactam (4-membered cyclic amide) rings is 1. The van der Waals surface area contributed by atoms with Crippen molar-refractivity contribution in [3.8, 4) is 0 Å². The highest BCUT2D eigenvalue weighted by molar-refractivity contribution is 8.00. The van der Waals surface area contributed by atoms with Crippen LogP contribution in [0.4, 0.5) is 5.13 Å². The molecule has 0 spiro atoms. The Hall–Kier alpha value is -3.78. The molecule has 198 valence electrons. The largest absolute Gasteiger partial charge is 0.543 e. The molecule has 1 aliphatic carbocycles. The van der Waals surface area contributed by atoms with E-state index in [1.54, 1.807) is 0 Å². The van der Waals surface area contributed by atoms with E-state index in [9.17, 15) is 19.5 Å². The maximum Gasteiger partial charge on any atom is 0.278 e. The summed E-state index contributed by atoms with van der Waals surface area (Å²) in [6.45, 7) is 4.21. The first-order chi connectivity index (χ1) is 18.2. The smallest absolute Gasteiger partial charge is 0.278 e. The Balaban J connectivity index is 1.34. The number of oxime groups is 1. The Morgan fingerprint density at radius 1 is 1.34 bits per heavy atom. The van der Waals surface area contributed by atoms with Gasteiger partial charge in [-0.3, -0.25) is 14.5 Å². The number of aromatic nitrogens is 3. The van der Waals surface area contributed by atoms with Crippen molar-refractivity contribution in [3.05, 3.63) is 58.8 Å². The molecular weight excluding hydrogens is 530 g/mol. The molecule has 0 aromatic carbocycles. The van der Waals surface area contributed by atoms with Crippen LogP contribution in [0.2, 0.25) is 0 Å². The van der Waals surface area contributed by atoms with Crippen LogP contribution in [0.5, 0.6) is 0 Å². The summed E-state index contributed by atoms with van der Waals surface area (Å²) in [5.41, 5.74) is 7.94. The number of pyridine rings is 1. The average molecular weight is 556 g/mol. The van der Waals surface area contributed by atoms with Gasteiger partial charge in [-0.2, -0.15) is 9.36 Å². The normalized spacial score (nSPS) is 22.8. The molecule has 14 heteroatoms. The van der Waals surface area contributed by atoms with Gasteiger partial charge >= 0.3 is 0 Å². The van der Waals surface area contributed by atoms with E-state index >= 15 is 0 Å². The van der Waals surface area contributed by atoms with Crippen LogP contribution in [0.15, 0.2) is 47.0 Å². The first-order valence-electron chi connectivity index (χ1n) is 11.9. The monoisotopic (exact) mass is 555 g/mol. The van der Waals surface area contributed by atoms with Crippen LogP contribution in [-0.2, 0) is 25.8 Å². The SMILES string of the molecule is Cc1cc(C)c[n+](CC2=C(C(=O)[O-])N3C(=O)C(NC(=O)C(=NOC4C=CCC4)c4nsc(N)n4)[C@H]3SC2)c1. The predicted octanol–water partition coefficient (Wildman–Crippen LogP) is -0.432. The highest BCUT2D eigenvalue weighted by atomic mass is 32.2. The number of nitrogens with two attached hydrogens (primary N) is 1. The molecule has 1 saturated heterocycles. The van der Waals surface area contributed by atoms with Crippen LogP contribution in [0.1, 0.15) is 29.8 Å². The van der Waals surface area contributed by atoms with Crippen LogP contribution in [0.3, 0.4) is 0 Å². The molecule has 4 heterocycles. The summed E-state index contributed by atoms with van der Waals surface area (Å²) >= 11 is 2.27. The lowest BCUT2D eigenvalue weighted by molar-refractivity contribution is -0.689. The van der Waals surface area contributed by atoms with Crippen molar-refractivity contribution in [3.63, 3.8) is 0 Å². The van der Waals surface area contributed by atoms with E-state index in [0.717, 1.165) is 35.5 Å². The number of amides is 2. The number of thioether (sulfide) groups is 1. The summed E-state index contributed by atoms with van der Waals surface area (Å²) in [7, 11) is 0. The van der Waals surface area contributed by atoms with Crippen molar-refractivity contribution in [2.75, 3.05) is 11.5 Å². The third kappa shape index (κ3) is 5.13. The van der Waals surface area contributed by atoms with E-state index < -0.39 is 29.2 Å². The number of rotatable bonds is 8. The summed E-state index contributed by atoms with van der Waals surface area (Å²) in [5.74, 6) is -2.38. The Bertz CT molecular complexity index is 1380. The molecule has 3 N–H and O–H groups in total. The molecule has 38 heavy (non-hydrogen) atoms. The van der Waals surface area contributed by atoms with E-state index in [0.29, 0.717) is 17.9 Å². The molecule has 12 nitrogen and oxygen atoms in total. The fourth-order valence-corrected chi connectivity index (χ4v) is 6.41. The number of aryl methyl sites for hydroxylation is 2. The maximum absolute atomic E-state index is 13.2. The quantitative estimate of drug-likeness (QED) is 0.144. The topological polar surface area (TPSA) is 167 Å². The van der Waals surface area contributed by atoms with Crippen molar-refractivity contribution in [2.45, 2.75) is 50.8 Å². The first kappa shape index (κ1) is 25.9. The van der Waals surface area contributed by atoms with Gasteiger partial charge in [0.1, 0.15) is 17.5 Å². The summed E-state index contributed by atoms with van der Waals surface area (Å²) in [6, 6.07) is 1.05. The number of hydrogen-bond donors (Lipinski definition) is 2. The molecule has 1 fully saturated rings. The van der Waals surface area contributed by atoms with Gasteiger partial charge in [0.15, 0.2) is 24.1 Å². The summed E-state index contributed by atoms with van der Waals surface area (Å²) in [5, 5.41) is 18.3. The van der Waals surface area contributed by atoms with Gasteiger partial charge in [0.25, 0.3) is 11.8 Å². The van der Waals surface area contributed by atoms with Gasteiger partial charge in [0.2, 0.25) is 11.5 Å². The number of anilines is 1. The molecule has 0 saturated carbocycles. The third-order valence-electron chi connectivity index (χ3n) is 6.21. The van der Waals surface area contributed by atoms with Crippen molar-refractivity contribution in [1.29, 1.82) is 0 Å². The van der Waals surface area contributed by atoms with Crippen LogP contribution < -0.4 is 20.7 Å². The molecular formula is C24H25N7O5S2. The molecule has 2 aromatic heterocycles. The molecule has 5 rings (SSSR count). The first-order valence-corrected chi connectivity index (χ1v) is 13.7. The zero-order valence-electron chi connectivity index (χ0n) is 20.6. The van der Waals surface area contributed by atoms with Gasteiger partial charge < -0.3 is 25.8 Å². The fraction of sp³-hybridized carbons (Fsp3) is 0.375. The number of carboxylic acids is 1. The van der Waals surface area contributed by atoms with Gasteiger partial charge in [-0.15, -0.1) is 11.8 Å². The van der Waals surface area contributed by atoms with E-state index in [-0.39, 0.29) is 28.5 Å². The number of allylic oxidation sites excluding steroid dienone is 1. The highest BCUT2D eigenvalue weighted by Gasteiger charge is 2.53. The second-order valence-corrected chi connectivity index (χ2v) is 11.1. The predicted molar refractivity (Wildman–Crippen MR) is 137 cm³/mol. The van der Waals surface area contributed by atoms with Crippen LogP contribution in [0.25, 0.3) is 0 Å². The van der Waals surface area contributed by atoms with Crippen molar-refractivity contribution < 1.29 is 28.9 Å². The average Bonchev–Trinajstić information content (AvgIpc) is 3.53. The van der Waals surface area contributed by atoms with Crippen LogP contribution in [0, 0.1) is 13.8 Å². The lowest BCUT2D eigenvalue weighted by atomic mass is 10.0. The minimum absolute atomic E-state index is 0.0185. The van der Waals surface area contributed by atoms with Gasteiger partial charge in [0, 0.05) is 34.0 Å². The van der Waals surface area contributed by atoms with Crippen molar-refractivity contribution in [1.82, 2.24) is 19.6 Å². The number of nitrogen functional groups attached to an aromatic ring is 1. The molecule has 2 aromatic rings. The van der Waals surface area contributed by atoms with E-state index in [1.165, 1.54) is 16.7 Å². The molecule has 2 amide bonds. The Labute approximate surface area is 226 Å². The number of nitrogens with zero attached hydrogens (tertiary/aromatic N) is 5. The fourth-order valence-electron chi connectivity index (χ4n) is 4.64. The van der Waals surface area contributed by atoms with Gasteiger partial charge in [-0.05, 0) is 38.8 Å².